The predicted molar refractivity (Wildman–Crippen MR) is 54.3 cm³/mol. The highest BCUT2D eigenvalue weighted by molar-refractivity contribution is 5.71. The average Bonchev–Trinajstić information content (AvgIpc) is 2.10. The van der Waals surface area contributed by atoms with Crippen molar-refractivity contribution in [2.45, 2.75) is 51.1 Å². The van der Waals surface area contributed by atoms with Crippen LogP contribution in [0.5, 0.6) is 0 Å². The Labute approximate surface area is 93.5 Å². The van der Waals surface area contributed by atoms with E-state index in [4.69, 9.17) is 5.11 Å². The largest absolute Gasteiger partial charge is 0.481 e. The van der Waals surface area contributed by atoms with Crippen LogP contribution in [0.1, 0.15) is 39.5 Å². The highest BCUT2D eigenvalue weighted by Crippen LogP contribution is 2.43. The molecule has 5 heteroatoms. The first kappa shape index (κ1) is 13.4. The number of aliphatic carboxylic acids is 1. The van der Waals surface area contributed by atoms with Crippen LogP contribution in [0.15, 0.2) is 0 Å². The second-order valence-corrected chi connectivity index (χ2v) is 5.02. The third-order valence-electron chi connectivity index (χ3n) is 3.36. The van der Waals surface area contributed by atoms with E-state index < -0.39 is 36.3 Å². The summed E-state index contributed by atoms with van der Waals surface area (Å²) in [5.74, 6) is -5.10. The molecule has 0 heterocycles. The molecular formula is C11H18F2O3. The highest BCUT2D eigenvalue weighted by atomic mass is 19.3. The van der Waals surface area contributed by atoms with Crippen molar-refractivity contribution in [2.75, 3.05) is 0 Å². The predicted octanol–water partition coefficient (Wildman–Crippen LogP) is 2.28. The van der Waals surface area contributed by atoms with Gasteiger partial charge in [-0.05, 0) is 18.8 Å². The summed E-state index contributed by atoms with van der Waals surface area (Å²) in [6.45, 7) is 3.37. The molecule has 2 N–H and O–H groups in total. The zero-order valence-electron chi connectivity index (χ0n) is 9.54. The molecule has 1 saturated carbocycles. The third kappa shape index (κ3) is 2.70. The van der Waals surface area contributed by atoms with Gasteiger partial charge in [0.15, 0.2) is 0 Å². The molecule has 0 bridgehead atoms. The quantitative estimate of drug-likeness (QED) is 0.790. The molecule has 0 aromatic carbocycles. The minimum absolute atomic E-state index is 0.144. The summed E-state index contributed by atoms with van der Waals surface area (Å²) in [6, 6.07) is 0. The first-order chi connectivity index (χ1) is 7.18. The molecule has 0 amide bonds. The van der Waals surface area contributed by atoms with E-state index in [0.29, 0.717) is 0 Å². The molecule has 0 aromatic heterocycles. The fraction of sp³-hybridized carbons (Fsp3) is 0.909. The minimum Gasteiger partial charge on any atom is -0.481 e. The summed E-state index contributed by atoms with van der Waals surface area (Å²) >= 11 is 0. The van der Waals surface area contributed by atoms with Gasteiger partial charge in [0, 0.05) is 12.8 Å². The monoisotopic (exact) mass is 236 g/mol. The van der Waals surface area contributed by atoms with E-state index in [-0.39, 0.29) is 18.8 Å². The maximum atomic E-state index is 13.0. The number of carboxylic acids is 1. The molecular weight excluding hydrogens is 218 g/mol. The van der Waals surface area contributed by atoms with Gasteiger partial charge in [0.25, 0.3) is 0 Å². The number of hydrogen-bond donors (Lipinski definition) is 2. The fourth-order valence-electron chi connectivity index (χ4n) is 2.50. The smallest absolute Gasteiger partial charge is 0.309 e. The molecule has 1 unspecified atom stereocenters. The molecule has 1 rings (SSSR count). The molecule has 0 saturated heterocycles. The van der Waals surface area contributed by atoms with Gasteiger partial charge in [0.2, 0.25) is 5.92 Å². The fourth-order valence-corrected chi connectivity index (χ4v) is 2.50. The summed E-state index contributed by atoms with van der Waals surface area (Å²) in [5, 5.41) is 19.2. The molecule has 1 aliphatic carbocycles. The van der Waals surface area contributed by atoms with Crippen molar-refractivity contribution in [3.8, 4) is 0 Å². The molecule has 94 valence electrons. The van der Waals surface area contributed by atoms with Crippen molar-refractivity contribution in [3.05, 3.63) is 0 Å². The Kier molecular flexibility index (Phi) is 3.57. The van der Waals surface area contributed by atoms with E-state index in [1.54, 1.807) is 13.8 Å². The van der Waals surface area contributed by atoms with Crippen LogP contribution < -0.4 is 0 Å². The number of carbonyl (C=O) groups is 1. The number of aliphatic hydroxyl groups is 1. The minimum atomic E-state index is -2.76. The van der Waals surface area contributed by atoms with Crippen molar-refractivity contribution < 1.29 is 23.8 Å². The summed E-state index contributed by atoms with van der Waals surface area (Å²) in [4.78, 5) is 11.1. The summed E-state index contributed by atoms with van der Waals surface area (Å²) in [5.41, 5.74) is -1.48. The zero-order chi connectivity index (χ0) is 12.6. The normalized spacial score (nSPS) is 25.4. The van der Waals surface area contributed by atoms with Crippen molar-refractivity contribution >= 4 is 5.97 Å². The van der Waals surface area contributed by atoms with Gasteiger partial charge in [0.1, 0.15) is 0 Å². The standard InChI is InChI=1S/C11H18F2O3/c1-7(2)8(9(14)15)10(16)3-5-11(12,13)6-4-10/h7-8,16H,3-6H2,1-2H3,(H,14,15). The van der Waals surface area contributed by atoms with Crippen LogP contribution in [0.2, 0.25) is 0 Å². The van der Waals surface area contributed by atoms with Crippen molar-refractivity contribution in [3.63, 3.8) is 0 Å². The van der Waals surface area contributed by atoms with Crippen LogP contribution in [0.4, 0.5) is 8.78 Å². The average molecular weight is 236 g/mol. The lowest BCUT2D eigenvalue weighted by Gasteiger charge is -2.41. The van der Waals surface area contributed by atoms with E-state index in [1.165, 1.54) is 0 Å². The van der Waals surface area contributed by atoms with Gasteiger partial charge < -0.3 is 10.2 Å². The summed E-state index contributed by atoms with van der Waals surface area (Å²) in [7, 11) is 0. The molecule has 0 aliphatic heterocycles. The van der Waals surface area contributed by atoms with Gasteiger partial charge >= 0.3 is 5.97 Å². The number of rotatable bonds is 3. The molecule has 1 fully saturated rings. The van der Waals surface area contributed by atoms with E-state index >= 15 is 0 Å². The number of carboxylic acid groups (broad SMARTS) is 1. The first-order valence-electron chi connectivity index (χ1n) is 5.51. The van der Waals surface area contributed by atoms with Crippen LogP contribution in [-0.4, -0.2) is 27.7 Å². The second-order valence-electron chi connectivity index (χ2n) is 5.02. The van der Waals surface area contributed by atoms with Crippen LogP contribution in [0, 0.1) is 11.8 Å². The molecule has 1 aliphatic rings. The van der Waals surface area contributed by atoms with Crippen molar-refractivity contribution in [1.82, 2.24) is 0 Å². The van der Waals surface area contributed by atoms with Gasteiger partial charge in [-0.2, -0.15) is 0 Å². The zero-order valence-corrected chi connectivity index (χ0v) is 9.54. The van der Waals surface area contributed by atoms with Gasteiger partial charge in [-0.1, -0.05) is 13.8 Å². The van der Waals surface area contributed by atoms with Gasteiger partial charge in [0.05, 0.1) is 11.5 Å². The Morgan fingerprint density at radius 2 is 1.62 bits per heavy atom. The number of halogens is 2. The Balaban J connectivity index is 2.81. The summed E-state index contributed by atoms with van der Waals surface area (Å²) < 4.78 is 25.9. The lowest BCUT2D eigenvalue weighted by atomic mass is 9.70. The number of hydrogen-bond acceptors (Lipinski definition) is 2. The summed E-state index contributed by atoms with van der Waals surface area (Å²) in [6.07, 6.45) is -1.15. The Morgan fingerprint density at radius 3 is 1.94 bits per heavy atom. The molecule has 0 radical (unpaired) electrons. The first-order valence-corrected chi connectivity index (χ1v) is 5.51. The van der Waals surface area contributed by atoms with E-state index in [2.05, 4.69) is 0 Å². The van der Waals surface area contributed by atoms with Gasteiger partial charge in [-0.15, -0.1) is 0 Å². The Morgan fingerprint density at radius 1 is 1.19 bits per heavy atom. The van der Waals surface area contributed by atoms with Gasteiger partial charge in [-0.3, -0.25) is 4.79 Å². The van der Waals surface area contributed by atoms with E-state index in [1.807, 2.05) is 0 Å². The Hall–Kier alpha value is -0.710. The van der Waals surface area contributed by atoms with Gasteiger partial charge in [-0.25, -0.2) is 8.78 Å². The van der Waals surface area contributed by atoms with Crippen molar-refractivity contribution in [1.29, 1.82) is 0 Å². The molecule has 1 atom stereocenters. The lowest BCUT2D eigenvalue weighted by molar-refractivity contribution is -0.169. The van der Waals surface area contributed by atoms with E-state index in [9.17, 15) is 18.7 Å². The Bertz CT molecular complexity index is 266. The van der Waals surface area contributed by atoms with Crippen LogP contribution >= 0.6 is 0 Å². The van der Waals surface area contributed by atoms with Crippen LogP contribution in [-0.2, 0) is 4.79 Å². The van der Waals surface area contributed by atoms with Crippen LogP contribution in [0.3, 0.4) is 0 Å². The van der Waals surface area contributed by atoms with E-state index in [0.717, 1.165) is 0 Å². The SMILES string of the molecule is CC(C)C(C(=O)O)C1(O)CCC(F)(F)CC1. The molecule has 0 aromatic rings. The second kappa shape index (κ2) is 4.28. The van der Waals surface area contributed by atoms with Crippen LogP contribution in [0.25, 0.3) is 0 Å². The molecule has 3 nitrogen and oxygen atoms in total. The molecule has 16 heavy (non-hydrogen) atoms. The van der Waals surface area contributed by atoms with Crippen molar-refractivity contribution in [2.24, 2.45) is 11.8 Å². The maximum Gasteiger partial charge on any atom is 0.309 e. The number of alkyl halides is 2. The topological polar surface area (TPSA) is 57.5 Å². The third-order valence-corrected chi connectivity index (χ3v) is 3.36. The molecule has 0 spiro atoms. The lowest BCUT2D eigenvalue weighted by Crippen LogP contribution is -2.49. The maximum absolute atomic E-state index is 13.0. The highest BCUT2D eigenvalue weighted by Gasteiger charge is 2.49.